The Hall–Kier alpha value is -0.500. The van der Waals surface area contributed by atoms with Gasteiger partial charge < -0.3 is 9.84 Å². The molecule has 0 radical (unpaired) electrons. The Labute approximate surface area is 135 Å². The Morgan fingerprint density at radius 1 is 1.00 bits per heavy atom. The van der Waals surface area contributed by atoms with E-state index in [1.165, 1.54) is 7.14 Å². The van der Waals surface area contributed by atoms with Crippen molar-refractivity contribution in [2.75, 3.05) is 6.61 Å². The van der Waals surface area contributed by atoms with Crippen LogP contribution in [0.1, 0.15) is 6.92 Å². The number of phenols is 1. The summed E-state index contributed by atoms with van der Waals surface area (Å²) < 4.78 is 7.80. The number of phenolic OH excluding ortho intramolecular Hbond substituents is 1. The average Bonchev–Trinajstić information content (AvgIpc) is 2.30. The van der Waals surface area contributed by atoms with Crippen LogP contribution in [0.5, 0.6) is 11.5 Å². The number of aromatic hydroxyl groups is 1. The van der Waals surface area contributed by atoms with Crippen LogP contribution in [-0.2, 0) is 0 Å². The van der Waals surface area contributed by atoms with Crippen LogP contribution in [-0.4, -0.2) is 11.7 Å². The van der Waals surface area contributed by atoms with Crippen LogP contribution in [0.4, 0.5) is 0 Å². The number of benzene rings is 2. The molecule has 0 spiro atoms. The van der Waals surface area contributed by atoms with Crippen LogP contribution in [0.2, 0.25) is 0 Å². The lowest BCUT2D eigenvalue weighted by Gasteiger charge is -2.03. The van der Waals surface area contributed by atoms with Gasteiger partial charge in [0.1, 0.15) is 11.5 Å². The molecule has 0 bridgehead atoms. The Morgan fingerprint density at radius 3 is 1.94 bits per heavy atom. The number of rotatable bonds is 2. The zero-order valence-electron chi connectivity index (χ0n) is 9.94. The van der Waals surface area contributed by atoms with Crippen LogP contribution < -0.4 is 4.74 Å². The molecule has 96 valence electrons. The molecule has 0 saturated carbocycles. The van der Waals surface area contributed by atoms with Gasteiger partial charge in [-0.2, -0.15) is 0 Å². The summed E-state index contributed by atoms with van der Waals surface area (Å²) in [7, 11) is 0. The van der Waals surface area contributed by atoms with Gasteiger partial charge in [0.2, 0.25) is 0 Å². The summed E-state index contributed by atoms with van der Waals surface area (Å²) >= 11 is 4.57. The molecule has 0 atom stereocenters. The molecule has 4 heteroatoms. The molecular formula is C14H14I2O2. The lowest BCUT2D eigenvalue weighted by atomic mass is 10.3. The van der Waals surface area contributed by atoms with Crippen molar-refractivity contribution in [1.82, 2.24) is 0 Å². The van der Waals surface area contributed by atoms with Gasteiger partial charge in [0.15, 0.2) is 0 Å². The zero-order chi connectivity index (χ0) is 13.4. The number of hydrogen-bond donors (Lipinski definition) is 1. The van der Waals surface area contributed by atoms with Gasteiger partial charge >= 0.3 is 0 Å². The first-order valence-corrected chi connectivity index (χ1v) is 7.60. The maximum absolute atomic E-state index is 8.63. The monoisotopic (exact) mass is 468 g/mol. The topological polar surface area (TPSA) is 29.5 Å². The number of halogens is 2. The SMILES string of the molecule is CCOc1cc(I)cc(I)c1.Oc1ccccc1. The van der Waals surface area contributed by atoms with E-state index in [0.29, 0.717) is 5.75 Å². The van der Waals surface area contributed by atoms with Gasteiger partial charge in [-0.3, -0.25) is 0 Å². The fraction of sp³-hybridized carbons (Fsp3) is 0.143. The van der Waals surface area contributed by atoms with Gasteiger partial charge in [-0.05, 0) is 82.4 Å². The van der Waals surface area contributed by atoms with Crippen molar-refractivity contribution in [3.8, 4) is 11.5 Å². The highest BCUT2D eigenvalue weighted by molar-refractivity contribution is 14.1. The summed E-state index contributed by atoms with van der Waals surface area (Å²) in [6.45, 7) is 2.73. The molecule has 0 fully saturated rings. The minimum atomic E-state index is 0.322. The van der Waals surface area contributed by atoms with E-state index >= 15 is 0 Å². The lowest BCUT2D eigenvalue weighted by molar-refractivity contribution is 0.340. The minimum absolute atomic E-state index is 0.322. The molecule has 0 aliphatic carbocycles. The maximum atomic E-state index is 8.63. The standard InChI is InChI=1S/C8H8I2O.C6H6O/c1-2-11-8-4-6(9)3-7(10)5-8;7-6-4-2-1-3-5-6/h3-5H,2H2,1H3;1-5,7H. The molecule has 0 unspecified atom stereocenters. The fourth-order valence-electron chi connectivity index (χ4n) is 1.21. The molecule has 1 N–H and O–H groups in total. The van der Waals surface area contributed by atoms with Gasteiger partial charge in [-0.25, -0.2) is 0 Å². The summed E-state index contributed by atoms with van der Waals surface area (Å²) in [5, 5.41) is 8.63. The molecule has 18 heavy (non-hydrogen) atoms. The predicted molar refractivity (Wildman–Crippen MR) is 91.2 cm³/mol. The highest BCUT2D eigenvalue weighted by atomic mass is 127. The predicted octanol–water partition coefficient (Wildman–Crippen LogP) is 4.69. The molecule has 0 aliphatic heterocycles. The Kier molecular flexibility index (Phi) is 7.41. The van der Waals surface area contributed by atoms with Crippen LogP contribution in [0, 0.1) is 7.14 Å². The van der Waals surface area contributed by atoms with Crippen LogP contribution in [0.15, 0.2) is 48.5 Å². The van der Waals surface area contributed by atoms with Crippen molar-refractivity contribution in [3.63, 3.8) is 0 Å². The first-order valence-electron chi connectivity index (χ1n) is 5.44. The van der Waals surface area contributed by atoms with E-state index in [1.54, 1.807) is 24.3 Å². The summed E-state index contributed by atoms with van der Waals surface area (Å²) in [5.41, 5.74) is 0. The summed E-state index contributed by atoms with van der Waals surface area (Å²) in [6, 6.07) is 14.9. The van der Waals surface area contributed by atoms with Crippen molar-refractivity contribution in [3.05, 3.63) is 55.7 Å². The van der Waals surface area contributed by atoms with Crippen molar-refractivity contribution < 1.29 is 9.84 Å². The largest absolute Gasteiger partial charge is 0.508 e. The third-order valence-electron chi connectivity index (χ3n) is 1.90. The van der Waals surface area contributed by atoms with Crippen LogP contribution in [0.25, 0.3) is 0 Å². The normalized spacial score (nSPS) is 9.28. The first-order chi connectivity index (χ1) is 8.61. The Bertz CT molecular complexity index is 452. The summed E-state index contributed by atoms with van der Waals surface area (Å²) in [4.78, 5) is 0. The van der Waals surface area contributed by atoms with E-state index in [2.05, 4.69) is 51.2 Å². The van der Waals surface area contributed by atoms with Crippen molar-refractivity contribution >= 4 is 45.2 Å². The molecule has 2 aromatic carbocycles. The van der Waals surface area contributed by atoms with Gasteiger partial charge in [-0.1, -0.05) is 18.2 Å². The van der Waals surface area contributed by atoms with E-state index in [4.69, 9.17) is 9.84 Å². The molecule has 0 amide bonds. The van der Waals surface area contributed by atoms with Crippen molar-refractivity contribution in [1.29, 1.82) is 0 Å². The van der Waals surface area contributed by atoms with Crippen LogP contribution in [0.3, 0.4) is 0 Å². The molecule has 2 rings (SSSR count). The van der Waals surface area contributed by atoms with Crippen LogP contribution >= 0.6 is 45.2 Å². The molecule has 0 aromatic heterocycles. The van der Waals surface area contributed by atoms with E-state index in [9.17, 15) is 0 Å². The first kappa shape index (κ1) is 15.6. The van der Waals surface area contributed by atoms with E-state index in [0.717, 1.165) is 12.4 Å². The smallest absolute Gasteiger partial charge is 0.121 e. The molecule has 0 aliphatic rings. The molecule has 0 heterocycles. The van der Waals surface area contributed by atoms with Gasteiger partial charge in [-0.15, -0.1) is 0 Å². The second kappa shape index (κ2) is 8.58. The summed E-state index contributed by atoms with van der Waals surface area (Å²) in [5.74, 6) is 1.28. The molecule has 2 nitrogen and oxygen atoms in total. The average molecular weight is 468 g/mol. The van der Waals surface area contributed by atoms with Gasteiger partial charge in [0.05, 0.1) is 6.61 Å². The minimum Gasteiger partial charge on any atom is -0.508 e. The molecule has 2 aromatic rings. The maximum Gasteiger partial charge on any atom is 0.121 e. The van der Waals surface area contributed by atoms with Gasteiger partial charge in [0, 0.05) is 7.14 Å². The number of para-hydroxylation sites is 1. The van der Waals surface area contributed by atoms with E-state index in [1.807, 2.05) is 25.1 Å². The summed E-state index contributed by atoms with van der Waals surface area (Å²) in [6.07, 6.45) is 0. The quantitative estimate of drug-likeness (QED) is 0.649. The fourth-order valence-corrected chi connectivity index (χ4v) is 3.09. The highest BCUT2D eigenvalue weighted by Gasteiger charge is 1.96. The van der Waals surface area contributed by atoms with Crippen molar-refractivity contribution in [2.45, 2.75) is 6.92 Å². The number of ether oxygens (including phenoxy) is 1. The Balaban J connectivity index is 0.000000199. The second-order valence-electron chi connectivity index (χ2n) is 3.37. The molecule has 0 saturated heterocycles. The number of hydrogen-bond acceptors (Lipinski definition) is 2. The Morgan fingerprint density at radius 2 is 1.56 bits per heavy atom. The molecular weight excluding hydrogens is 454 g/mol. The van der Waals surface area contributed by atoms with E-state index in [-0.39, 0.29) is 0 Å². The second-order valence-corrected chi connectivity index (χ2v) is 5.86. The third-order valence-corrected chi connectivity index (χ3v) is 3.15. The highest BCUT2D eigenvalue weighted by Crippen LogP contribution is 2.19. The van der Waals surface area contributed by atoms with Gasteiger partial charge in [0.25, 0.3) is 0 Å². The zero-order valence-corrected chi connectivity index (χ0v) is 14.3. The lowest BCUT2D eigenvalue weighted by Crippen LogP contribution is -1.91. The van der Waals surface area contributed by atoms with Crippen molar-refractivity contribution in [2.24, 2.45) is 0 Å². The van der Waals surface area contributed by atoms with E-state index < -0.39 is 0 Å². The third kappa shape index (κ3) is 6.44.